The van der Waals surface area contributed by atoms with Crippen molar-refractivity contribution in [2.45, 2.75) is 12.7 Å². The van der Waals surface area contributed by atoms with Crippen molar-refractivity contribution < 1.29 is 17.9 Å². The van der Waals surface area contributed by atoms with Gasteiger partial charge in [0.2, 0.25) is 0 Å². The summed E-state index contributed by atoms with van der Waals surface area (Å²) in [6.07, 6.45) is -2.12. The maximum Gasteiger partial charge on any atom is 0.417 e. The van der Waals surface area contributed by atoms with Crippen LogP contribution in [-0.4, -0.2) is 12.1 Å². The minimum Gasteiger partial charge on any atom is -0.497 e. The third-order valence-electron chi connectivity index (χ3n) is 2.95. The highest BCUT2D eigenvalue weighted by molar-refractivity contribution is 5.71. The molecule has 3 nitrogen and oxygen atoms in total. The number of halogens is 3. The summed E-state index contributed by atoms with van der Waals surface area (Å²) in [6, 6.07) is 5.75. The lowest BCUT2D eigenvalue weighted by Crippen LogP contribution is -2.09. The number of aromatic nitrogens is 1. The molecule has 0 saturated carbocycles. The van der Waals surface area contributed by atoms with E-state index >= 15 is 0 Å². The van der Waals surface area contributed by atoms with E-state index in [0.717, 1.165) is 12.3 Å². The summed E-state index contributed by atoms with van der Waals surface area (Å²) < 4.78 is 44.1. The molecule has 0 atom stereocenters. The molecule has 0 unspecified atom stereocenters. The molecule has 0 aliphatic rings. The van der Waals surface area contributed by atoms with Crippen LogP contribution in [-0.2, 0) is 12.7 Å². The highest BCUT2D eigenvalue weighted by Crippen LogP contribution is 2.38. The molecule has 0 aliphatic carbocycles. The Morgan fingerprint density at radius 3 is 2.55 bits per heavy atom. The van der Waals surface area contributed by atoms with Gasteiger partial charge >= 0.3 is 6.18 Å². The van der Waals surface area contributed by atoms with Gasteiger partial charge in [0.1, 0.15) is 5.75 Å². The molecule has 2 aromatic rings. The largest absolute Gasteiger partial charge is 0.497 e. The average molecular weight is 282 g/mol. The van der Waals surface area contributed by atoms with Crippen LogP contribution >= 0.6 is 0 Å². The fourth-order valence-corrected chi connectivity index (χ4v) is 1.98. The maximum atomic E-state index is 13.0. The summed E-state index contributed by atoms with van der Waals surface area (Å²) in [5.41, 5.74) is 5.88. The number of hydrogen-bond acceptors (Lipinski definition) is 3. The second-order valence-electron chi connectivity index (χ2n) is 4.15. The van der Waals surface area contributed by atoms with Crippen molar-refractivity contribution in [1.29, 1.82) is 0 Å². The van der Waals surface area contributed by atoms with Crippen LogP contribution < -0.4 is 10.5 Å². The van der Waals surface area contributed by atoms with E-state index in [1.54, 1.807) is 18.2 Å². The summed E-state index contributed by atoms with van der Waals surface area (Å²) in [4.78, 5) is 3.78. The normalized spacial score (nSPS) is 11.4. The van der Waals surface area contributed by atoms with Gasteiger partial charge in [0.25, 0.3) is 0 Å². The first kappa shape index (κ1) is 14.3. The molecule has 0 radical (unpaired) electrons. The minimum atomic E-state index is -4.44. The van der Waals surface area contributed by atoms with Crippen LogP contribution in [0.2, 0.25) is 0 Å². The average Bonchev–Trinajstić information content (AvgIpc) is 2.45. The third kappa shape index (κ3) is 2.75. The molecule has 0 aliphatic heterocycles. The molecular weight excluding hydrogens is 269 g/mol. The summed E-state index contributed by atoms with van der Waals surface area (Å²) in [5, 5.41) is 0. The summed E-state index contributed by atoms with van der Waals surface area (Å²) in [5.74, 6) is 0.548. The first-order valence-corrected chi connectivity index (χ1v) is 5.86. The van der Waals surface area contributed by atoms with Gasteiger partial charge in [-0.25, -0.2) is 0 Å². The van der Waals surface area contributed by atoms with Crippen LogP contribution in [0.15, 0.2) is 36.7 Å². The fourth-order valence-electron chi connectivity index (χ4n) is 1.98. The molecule has 1 aromatic carbocycles. The SMILES string of the molecule is COc1ccc(-c2cnccc2C(F)(F)F)c(CN)c1. The van der Waals surface area contributed by atoms with Gasteiger partial charge in [-0.05, 0) is 29.3 Å². The van der Waals surface area contributed by atoms with E-state index in [1.807, 2.05) is 0 Å². The summed E-state index contributed by atoms with van der Waals surface area (Å²) >= 11 is 0. The van der Waals surface area contributed by atoms with E-state index in [-0.39, 0.29) is 12.1 Å². The molecule has 2 N–H and O–H groups in total. The molecular formula is C14H13F3N2O. The van der Waals surface area contributed by atoms with Gasteiger partial charge in [0.15, 0.2) is 0 Å². The highest BCUT2D eigenvalue weighted by atomic mass is 19.4. The molecule has 1 aromatic heterocycles. The predicted octanol–water partition coefficient (Wildman–Crippen LogP) is 3.23. The standard InChI is InChI=1S/C14H13F3N2O/c1-20-10-2-3-11(9(6-10)7-18)12-8-19-5-4-13(12)14(15,16)17/h2-6,8H,7,18H2,1H3. The number of methoxy groups -OCH3 is 1. The second-order valence-corrected chi connectivity index (χ2v) is 4.15. The van der Waals surface area contributed by atoms with Crippen LogP contribution in [0.5, 0.6) is 5.75 Å². The molecule has 2 rings (SSSR count). The van der Waals surface area contributed by atoms with E-state index < -0.39 is 11.7 Å². The Labute approximate surface area is 114 Å². The molecule has 0 amide bonds. The number of alkyl halides is 3. The van der Waals surface area contributed by atoms with E-state index in [0.29, 0.717) is 16.9 Å². The van der Waals surface area contributed by atoms with Crippen LogP contribution in [0.25, 0.3) is 11.1 Å². The zero-order valence-corrected chi connectivity index (χ0v) is 10.7. The molecule has 0 saturated heterocycles. The van der Waals surface area contributed by atoms with Gasteiger partial charge in [0.05, 0.1) is 12.7 Å². The van der Waals surface area contributed by atoms with Crippen molar-refractivity contribution in [3.05, 3.63) is 47.8 Å². The Kier molecular flexibility index (Phi) is 3.94. The molecule has 1 heterocycles. The molecule has 20 heavy (non-hydrogen) atoms. The van der Waals surface area contributed by atoms with E-state index in [2.05, 4.69) is 4.98 Å². The van der Waals surface area contributed by atoms with Crippen LogP contribution in [0.3, 0.4) is 0 Å². The number of nitrogens with two attached hydrogens (primary N) is 1. The van der Waals surface area contributed by atoms with Crippen molar-refractivity contribution >= 4 is 0 Å². The van der Waals surface area contributed by atoms with Gasteiger partial charge in [0, 0.05) is 24.5 Å². The number of ether oxygens (including phenoxy) is 1. The Morgan fingerprint density at radius 2 is 1.95 bits per heavy atom. The van der Waals surface area contributed by atoms with Crippen molar-refractivity contribution in [2.75, 3.05) is 7.11 Å². The van der Waals surface area contributed by atoms with Crippen molar-refractivity contribution in [2.24, 2.45) is 5.73 Å². The zero-order chi connectivity index (χ0) is 14.8. The van der Waals surface area contributed by atoms with Gasteiger partial charge in [-0.3, -0.25) is 4.98 Å². The van der Waals surface area contributed by atoms with Crippen LogP contribution in [0.4, 0.5) is 13.2 Å². The Hall–Kier alpha value is -2.08. The van der Waals surface area contributed by atoms with Gasteiger partial charge in [-0.15, -0.1) is 0 Å². The summed E-state index contributed by atoms with van der Waals surface area (Å²) in [7, 11) is 1.49. The third-order valence-corrected chi connectivity index (χ3v) is 2.95. The number of hydrogen-bond donors (Lipinski definition) is 1. The van der Waals surface area contributed by atoms with Crippen LogP contribution in [0.1, 0.15) is 11.1 Å². The Bertz CT molecular complexity index is 612. The lowest BCUT2D eigenvalue weighted by molar-refractivity contribution is -0.137. The van der Waals surface area contributed by atoms with Crippen molar-refractivity contribution in [3.8, 4) is 16.9 Å². The van der Waals surface area contributed by atoms with Crippen molar-refractivity contribution in [3.63, 3.8) is 0 Å². The van der Waals surface area contributed by atoms with E-state index in [1.165, 1.54) is 13.3 Å². The number of rotatable bonds is 3. The van der Waals surface area contributed by atoms with Gasteiger partial charge in [-0.2, -0.15) is 13.2 Å². The van der Waals surface area contributed by atoms with Gasteiger partial charge < -0.3 is 10.5 Å². The maximum absolute atomic E-state index is 13.0. The fraction of sp³-hybridized carbons (Fsp3) is 0.214. The van der Waals surface area contributed by atoms with E-state index in [9.17, 15) is 13.2 Å². The summed E-state index contributed by atoms with van der Waals surface area (Å²) in [6.45, 7) is 0.110. The topological polar surface area (TPSA) is 48.1 Å². The first-order chi connectivity index (χ1) is 9.47. The number of benzene rings is 1. The minimum absolute atomic E-state index is 0.0168. The molecule has 0 bridgehead atoms. The number of pyridine rings is 1. The lowest BCUT2D eigenvalue weighted by atomic mass is 9.96. The molecule has 0 fully saturated rings. The Balaban J connectivity index is 2.63. The van der Waals surface area contributed by atoms with E-state index in [4.69, 9.17) is 10.5 Å². The molecule has 0 spiro atoms. The number of nitrogens with zero attached hydrogens (tertiary/aromatic N) is 1. The monoisotopic (exact) mass is 282 g/mol. The zero-order valence-electron chi connectivity index (χ0n) is 10.7. The molecule has 106 valence electrons. The smallest absolute Gasteiger partial charge is 0.417 e. The highest BCUT2D eigenvalue weighted by Gasteiger charge is 2.34. The second kappa shape index (κ2) is 5.50. The first-order valence-electron chi connectivity index (χ1n) is 5.86. The predicted molar refractivity (Wildman–Crippen MR) is 69.1 cm³/mol. The van der Waals surface area contributed by atoms with Crippen molar-refractivity contribution in [1.82, 2.24) is 4.98 Å². The molecule has 6 heteroatoms. The van der Waals surface area contributed by atoms with Crippen LogP contribution in [0, 0.1) is 0 Å². The quantitative estimate of drug-likeness (QED) is 0.940. The lowest BCUT2D eigenvalue weighted by Gasteiger charge is -2.15. The van der Waals surface area contributed by atoms with Gasteiger partial charge in [-0.1, -0.05) is 6.07 Å². The Morgan fingerprint density at radius 1 is 1.20 bits per heavy atom.